The Balaban J connectivity index is 2.78. The molecule has 1 saturated heterocycles. The van der Waals surface area contributed by atoms with Gasteiger partial charge in [-0.05, 0) is 12.8 Å². The predicted molar refractivity (Wildman–Crippen MR) is 46.6 cm³/mol. The van der Waals surface area contributed by atoms with Crippen LogP contribution in [0.25, 0.3) is 0 Å². The van der Waals surface area contributed by atoms with Crippen molar-refractivity contribution in [1.29, 1.82) is 0 Å². The highest BCUT2D eigenvalue weighted by atomic mass is 16.3. The SMILES string of the molecule is CCC1(CC)NC(=O)CC1CO. The number of rotatable bonds is 3. The maximum Gasteiger partial charge on any atom is 0.220 e. The zero-order valence-corrected chi connectivity index (χ0v) is 7.76. The highest BCUT2D eigenvalue weighted by Gasteiger charge is 2.43. The van der Waals surface area contributed by atoms with Crippen LogP contribution in [0.4, 0.5) is 0 Å². The second-order valence-corrected chi connectivity index (χ2v) is 3.50. The van der Waals surface area contributed by atoms with Gasteiger partial charge in [0, 0.05) is 24.5 Å². The van der Waals surface area contributed by atoms with Crippen LogP contribution in [-0.4, -0.2) is 23.2 Å². The first-order valence-corrected chi connectivity index (χ1v) is 4.60. The van der Waals surface area contributed by atoms with Gasteiger partial charge in [-0.3, -0.25) is 4.79 Å². The number of nitrogens with one attached hydrogen (secondary N) is 1. The number of hydrogen-bond acceptors (Lipinski definition) is 2. The third-order valence-corrected chi connectivity index (χ3v) is 3.08. The average Bonchev–Trinajstić information content (AvgIpc) is 2.42. The number of hydrogen-bond donors (Lipinski definition) is 2. The summed E-state index contributed by atoms with van der Waals surface area (Å²) >= 11 is 0. The van der Waals surface area contributed by atoms with Crippen molar-refractivity contribution in [3.05, 3.63) is 0 Å². The van der Waals surface area contributed by atoms with Crippen molar-refractivity contribution in [2.24, 2.45) is 5.92 Å². The maximum absolute atomic E-state index is 11.1. The Bertz CT molecular complexity index is 175. The lowest BCUT2D eigenvalue weighted by atomic mass is 9.81. The molecule has 0 aliphatic carbocycles. The third kappa shape index (κ3) is 1.33. The molecule has 1 aliphatic heterocycles. The van der Waals surface area contributed by atoms with E-state index in [0.29, 0.717) is 6.42 Å². The van der Waals surface area contributed by atoms with Crippen LogP contribution >= 0.6 is 0 Å². The summed E-state index contributed by atoms with van der Waals surface area (Å²) in [5.41, 5.74) is -0.133. The third-order valence-electron chi connectivity index (χ3n) is 3.08. The van der Waals surface area contributed by atoms with Gasteiger partial charge >= 0.3 is 0 Å². The molecule has 0 aromatic heterocycles. The first kappa shape index (κ1) is 9.52. The molecule has 1 unspecified atom stereocenters. The van der Waals surface area contributed by atoms with Crippen molar-refractivity contribution < 1.29 is 9.90 Å². The molecule has 3 heteroatoms. The van der Waals surface area contributed by atoms with Crippen molar-refractivity contribution in [1.82, 2.24) is 5.32 Å². The average molecular weight is 171 g/mol. The fourth-order valence-electron chi connectivity index (χ4n) is 2.09. The Hall–Kier alpha value is -0.570. The van der Waals surface area contributed by atoms with E-state index in [1.165, 1.54) is 0 Å². The summed E-state index contributed by atoms with van der Waals surface area (Å²) in [7, 11) is 0. The van der Waals surface area contributed by atoms with E-state index in [2.05, 4.69) is 19.2 Å². The number of aliphatic hydroxyl groups is 1. The minimum absolute atomic E-state index is 0.0813. The van der Waals surface area contributed by atoms with Gasteiger partial charge in [0.1, 0.15) is 0 Å². The van der Waals surface area contributed by atoms with Crippen LogP contribution in [0, 0.1) is 5.92 Å². The van der Waals surface area contributed by atoms with E-state index in [1.54, 1.807) is 0 Å². The quantitative estimate of drug-likeness (QED) is 0.656. The lowest BCUT2D eigenvalue weighted by Crippen LogP contribution is -2.45. The van der Waals surface area contributed by atoms with Crippen LogP contribution < -0.4 is 5.32 Å². The molecular weight excluding hydrogens is 154 g/mol. The van der Waals surface area contributed by atoms with Crippen LogP contribution in [0.1, 0.15) is 33.1 Å². The summed E-state index contributed by atoms with van der Waals surface area (Å²) in [6, 6.07) is 0. The van der Waals surface area contributed by atoms with Crippen molar-refractivity contribution in [3.63, 3.8) is 0 Å². The number of carbonyl (C=O) groups excluding carboxylic acids is 1. The predicted octanol–water partition coefficient (Wildman–Crippen LogP) is 0.674. The molecule has 1 fully saturated rings. The molecular formula is C9H17NO2. The van der Waals surface area contributed by atoms with Crippen LogP contribution in [0.15, 0.2) is 0 Å². The summed E-state index contributed by atoms with van der Waals surface area (Å²) in [5, 5.41) is 12.1. The first-order valence-electron chi connectivity index (χ1n) is 4.60. The molecule has 3 nitrogen and oxygen atoms in total. The number of amides is 1. The molecule has 2 N–H and O–H groups in total. The van der Waals surface area contributed by atoms with Gasteiger partial charge < -0.3 is 10.4 Å². The zero-order valence-electron chi connectivity index (χ0n) is 7.76. The summed E-state index contributed by atoms with van der Waals surface area (Å²) in [6.07, 6.45) is 2.29. The highest BCUT2D eigenvalue weighted by molar-refractivity contribution is 5.80. The van der Waals surface area contributed by atoms with Crippen molar-refractivity contribution in [2.75, 3.05) is 6.61 Å². The van der Waals surface area contributed by atoms with Crippen molar-refractivity contribution in [3.8, 4) is 0 Å². The topological polar surface area (TPSA) is 49.3 Å². The minimum Gasteiger partial charge on any atom is -0.396 e. The maximum atomic E-state index is 11.1. The molecule has 1 amide bonds. The fraction of sp³-hybridized carbons (Fsp3) is 0.889. The molecule has 70 valence electrons. The van der Waals surface area contributed by atoms with Gasteiger partial charge in [0.25, 0.3) is 0 Å². The Kier molecular flexibility index (Phi) is 2.73. The largest absolute Gasteiger partial charge is 0.396 e. The molecule has 0 spiro atoms. The number of aliphatic hydroxyl groups excluding tert-OH is 1. The van der Waals surface area contributed by atoms with Gasteiger partial charge in [0.2, 0.25) is 5.91 Å². The van der Waals surface area contributed by atoms with E-state index in [-0.39, 0.29) is 24.0 Å². The molecule has 0 bridgehead atoms. The zero-order chi connectivity index (χ0) is 9.19. The molecule has 0 saturated carbocycles. The molecule has 12 heavy (non-hydrogen) atoms. The lowest BCUT2D eigenvalue weighted by Gasteiger charge is -2.31. The van der Waals surface area contributed by atoms with Crippen LogP contribution in [0.5, 0.6) is 0 Å². The standard InChI is InChI=1S/C9H17NO2/c1-3-9(4-2)7(6-11)5-8(12)10-9/h7,11H,3-6H2,1-2H3,(H,10,12). The van der Waals surface area contributed by atoms with Gasteiger partial charge in [-0.2, -0.15) is 0 Å². The Labute approximate surface area is 73.2 Å². The van der Waals surface area contributed by atoms with Gasteiger partial charge in [0.15, 0.2) is 0 Å². The monoisotopic (exact) mass is 171 g/mol. The van der Waals surface area contributed by atoms with E-state index in [9.17, 15) is 4.79 Å². The van der Waals surface area contributed by atoms with Crippen molar-refractivity contribution >= 4 is 5.91 Å². The van der Waals surface area contributed by atoms with E-state index >= 15 is 0 Å². The molecule has 1 atom stereocenters. The van der Waals surface area contributed by atoms with E-state index < -0.39 is 0 Å². The molecule has 0 aromatic rings. The summed E-state index contributed by atoms with van der Waals surface area (Å²) in [4.78, 5) is 11.1. The van der Waals surface area contributed by atoms with E-state index in [4.69, 9.17) is 5.11 Å². The van der Waals surface area contributed by atoms with Crippen molar-refractivity contribution in [2.45, 2.75) is 38.6 Å². The molecule has 0 aromatic carbocycles. The summed E-state index contributed by atoms with van der Waals surface area (Å²) in [6.45, 7) is 4.22. The molecule has 1 rings (SSSR count). The number of carbonyl (C=O) groups is 1. The first-order chi connectivity index (χ1) is 5.68. The summed E-state index contributed by atoms with van der Waals surface area (Å²) in [5.74, 6) is 0.192. The summed E-state index contributed by atoms with van der Waals surface area (Å²) < 4.78 is 0. The van der Waals surface area contributed by atoms with Gasteiger partial charge in [-0.25, -0.2) is 0 Å². The normalized spacial score (nSPS) is 27.2. The highest BCUT2D eigenvalue weighted by Crippen LogP contribution is 2.32. The Morgan fingerprint density at radius 3 is 2.50 bits per heavy atom. The fourth-order valence-corrected chi connectivity index (χ4v) is 2.09. The molecule has 1 aliphatic rings. The Morgan fingerprint density at radius 1 is 1.58 bits per heavy atom. The van der Waals surface area contributed by atoms with Crippen LogP contribution in [0.2, 0.25) is 0 Å². The second-order valence-electron chi connectivity index (χ2n) is 3.50. The smallest absolute Gasteiger partial charge is 0.220 e. The second kappa shape index (κ2) is 3.44. The Morgan fingerprint density at radius 2 is 2.17 bits per heavy atom. The van der Waals surface area contributed by atoms with Gasteiger partial charge in [-0.1, -0.05) is 13.8 Å². The van der Waals surface area contributed by atoms with Crippen LogP contribution in [0.3, 0.4) is 0 Å². The minimum atomic E-state index is -0.133. The van der Waals surface area contributed by atoms with Gasteiger partial charge in [0.05, 0.1) is 0 Å². The van der Waals surface area contributed by atoms with E-state index in [1.807, 2.05) is 0 Å². The molecule has 1 heterocycles. The van der Waals surface area contributed by atoms with Crippen LogP contribution in [-0.2, 0) is 4.79 Å². The molecule has 0 radical (unpaired) electrons. The van der Waals surface area contributed by atoms with E-state index in [0.717, 1.165) is 12.8 Å². The van der Waals surface area contributed by atoms with Gasteiger partial charge in [-0.15, -0.1) is 0 Å². The lowest BCUT2D eigenvalue weighted by molar-refractivity contribution is -0.119.